The summed E-state index contributed by atoms with van der Waals surface area (Å²) in [7, 11) is 0. The molecule has 0 amide bonds. The first kappa shape index (κ1) is 13.1. The van der Waals surface area contributed by atoms with Crippen LogP contribution in [-0.4, -0.2) is 22.8 Å². The van der Waals surface area contributed by atoms with Gasteiger partial charge in [-0.25, -0.2) is 4.98 Å². The molecule has 2 aromatic rings. The number of aliphatic hydroxyl groups excluding tert-OH is 1. The van der Waals surface area contributed by atoms with E-state index < -0.39 is 0 Å². The average molecular weight is 263 g/mol. The molecule has 0 bridgehead atoms. The summed E-state index contributed by atoms with van der Waals surface area (Å²) in [6.45, 7) is 4.17. The summed E-state index contributed by atoms with van der Waals surface area (Å²) in [4.78, 5) is 4.48. The molecular formula is C14H17NO2S. The van der Waals surface area contributed by atoms with Gasteiger partial charge in [-0.05, 0) is 38.1 Å². The monoisotopic (exact) mass is 263 g/mol. The molecule has 1 heterocycles. The standard InChI is InChI=1S/C14H17NO2S/c1-10(2)17-12-5-3-11(4-6-12)13-9-18-14(15-13)7-8-16/h3-6,9-10,16H,7-8H2,1-2H3. The van der Waals surface area contributed by atoms with E-state index in [0.717, 1.165) is 22.0 Å². The van der Waals surface area contributed by atoms with E-state index in [4.69, 9.17) is 9.84 Å². The molecule has 0 saturated carbocycles. The Bertz CT molecular complexity index is 491. The van der Waals surface area contributed by atoms with Gasteiger partial charge in [-0.3, -0.25) is 0 Å². The van der Waals surface area contributed by atoms with Crippen LogP contribution in [0.4, 0.5) is 0 Å². The molecule has 96 valence electrons. The van der Waals surface area contributed by atoms with Gasteiger partial charge in [0.05, 0.1) is 16.8 Å². The van der Waals surface area contributed by atoms with Crippen LogP contribution >= 0.6 is 11.3 Å². The maximum atomic E-state index is 8.87. The molecule has 0 aliphatic heterocycles. The normalized spacial score (nSPS) is 10.9. The zero-order valence-corrected chi connectivity index (χ0v) is 11.4. The summed E-state index contributed by atoms with van der Waals surface area (Å²) in [6.07, 6.45) is 0.811. The lowest BCUT2D eigenvalue weighted by molar-refractivity contribution is 0.242. The molecule has 1 aromatic carbocycles. The van der Waals surface area contributed by atoms with E-state index >= 15 is 0 Å². The third-order valence-electron chi connectivity index (χ3n) is 2.40. The van der Waals surface area contributed by atoms with Crippen LogP contribution in [-0.2, 0) is 6.42 Å². The van der Waals surface area contributed by atoms with Gasteiger partial charge >= 0.3 is 0 Å². The molecule has 3 nitrogen and oxygen atoms in total. The number of hydrogen-bond donors (Lipinski definition) is 1. The minimum absolute atomic E-state index is 0.147. The van der Waals surface area contributed by atoms with Crippen molar-refractivity contribution in [2.45, 2.75) is 26.4 Å². The van der Waals surface area contributed by atoms with Crippen molar-refractivity contribution in [3.8, 4) is 17.0 Å². The summed E-state index contributed by atoms with van der Waals surface area (Å²) < 4.78 is 5.60. The van der Waals surface area contributed by atoms with E-state index in [9.17, 15) is 0 Å². The van der Waals surface area contributed by atoms with Crippen molar-refractivity contribution in [1.82, 2.24) is 4.98 Å². The highest BCUT2D eigenvalue weighted by atomic mass is 32.1. The Morgan fingerprint density at radius 2 is 2.00 bits per heavy atom. The number of aromatic nitrogens is 1. The molecule has 4 heteroatoms. The van der Waals surface area contributed by atoms with Gasteiger partial charge in [0.25, 0.3) is 0 Å². The Morgan fingerprint density at radius 3 is 2.61 bits per heavy atom. The molecule has 0 aliphatic rings. The average Bonchev–Trinajstić information content (AvgIpc) is 2.78. The first-order valence-electron chi connectivity index (χ1n) is 6.01. The van der Waals surface area contributed by atoms with Crippen molar-refractivity contribution in [2.75, 3.05) is 6.61 Å². The lowest BCUT2D eigenvalue weighted by atomic mass is 10.2. The summed E-state index contributed by atoms with van der Waals surface area (Å²) in [6, 6.07) is 7.94. The van der Waals surface area contributed by atoms with Gasteiger partial charge in [0, 0.05) is 24.0 Å². The van der Waals surface area contributed by atoms with E-state index in [0.29, 0.717) is 6.42 Å². The van der Waals surface area contributed by atoms with E-state index in [1.807, 2.05) is 43.5 Å². The van der Waals surface area contributed by atoms with Crippen LogP contribution in [0.2, 0.25) is 0 Å². The predicted molar refractivity (Wildman–Crippen MR) is 74.1 cm³/mol. The number of aliphatic hydroxyl groups is 1. The molecule has 0 spiro atoms. The Kier molecular flexibility index (Phi) is 4.33. The van der Waals surface area contributed by atoms with Gasteiger partial charge in [-0.2, -0.15) is 0 Å². The zero-order chi connectivity index (χ0) is 13.0. The SMILES string of the molecule is CC(C)Oc1ccc(-c2csc(CCO)n2)cc1. The van der Waals surface area contributed by atoms with Crippen LogP contribution in [0.1, 0.15) is 18.9 Å². The first-order chi connectivity index (χ1) is 8.69. The van der Waals surface area contributed by atoms with Crippen molar-refractivity contribution in [2.24, 2.45) is 0 Å². The number of thiazole rings is 1. The van der Waals surface area contributed by atoms with Crippen LogP contribution in [0.5, 0.6) is 5.75 Å². The van der Waals surface area contributed by atoms with Gasteiger partial charge in [-0.15, -0.1) is 11.3 Å². The fraction of sp³-hybridized carbons (Fsp3) is 0.357. The quantitative estimate of drug-likeness (QED) is 0.901. The van der Waals surface area contributed by atoms with Gasteiger partial charge in [0.1, 0.15) is 5.75 Å². The zero-order valence-electron chi connectivity index (χ0n) is 10.6. The Balaban J connectivity index is 2.12. The second kappa shape index (κ2) is 5.98. The minimum Gasteiger partial charge on any atom is -0.491 e. The van der Waals surface area contributed by atoms with E-state index in [1.54, 1.807) is 11.3 Å². The molecule has 0 fully saturated rings. The molecule has 0 unspecified atom stereocenters. The molecule has 2 rings (SSSR count). The van der Waals surface area contributed by atoms with Crippen LogP contribution in [0.15, 0.2) is 29.6 Å². The molecule has 1 aromatic heterocycles. The van der Waals surface area contributed by atoms with Crippen molar-refractivity contribution >= 4 is 11.3 Å². The number of benzene rings is 1. The van der Waals surface area contributed by atoms with Crippen LogP contribution in [0.25, 0.3) is 11.3 Å². The van der Waals surface area contributed by atoms with E-state index in [1.165, 1.54) is 0 Å². The first-order valence-corrected chi connectivity index (χ1v) is 6.89. The summed E-state index contributed by atoms with van der Waals surface area (Å²) in [5.41, 5.74) is 2.03. The Morgan fingerprint density at radius 1 is 1.28 bits per heavy atom. The summed E-state index contributed by atoms with van der Waals surface area (Å²) >= 11 is 1.58. The van der Waals surface area contributed by atoms with E-state index in [-0.39, 0.29) is 12.7 Å². The van der Waals surface area contributed by atoms with Crippen LogP contribution in [0, 0.1) is 0 Å². The highest BCUT2D eigenvalue weighted by Gasteiger charge is 2.05. The van der Waals surface area contributed by atoms with Gasteiger partial charge < -0.3 is 9.84 Å². The fourth-order valence-corrected chi connectivity index (χ4v) is 2.43. The largest absolute Gasteiger partial charge is 0.491 e. The third kappa shape index (κ3) is 3.31. The molecule has 0 saturated heterocycles. The molecular weight excluding hydrogens is 246 g/mol. The minimum atomic E-state index is 0.147. The van der Waals surface area contributed by atoms with Crippen LogP contribution in [0.3, 0.4) is 0 Å². The van der Waals surface area contributed by atoms with Gasteiger partial charge in [0.2, 0.25) is 0 Å². The molecule has 0 atom stereocenters. The topological polar surface area (TPSA) is 42.4 Å². The molecule has 1 N–H and O–H groups in total. The Hall–Kier alpha value is -1.39. The van der Waals surface area contributed by atoms with Crippen molar-refractivity contribution in [3.63, 3.8) is 0 Å². The number of hydrogen-bond acceptors (Lipinski definition) is 4. The Labute approximate surface area is 111 Å². The van der Waals surface area contributed by atoms with Crippen molar-refractivity contribution in [1.29, 1.82) is 0 Å². The maximum absolute atomic E-state index is 8.87. The summed E-state index contributed by atoms with van der Waals surface area (Å²) in [5, 5.41) is 11.9. The lowest BCUT2D eigenvalue weighted by Crippen LogP contribution is -2.05. The van der Waals surface area contributed by atoms with Gasteiger partial charge in [-0.1, -0.05) is 0 Å². The molecule has 0 radical (unpaired) electrons. The van der Waals surface area contributed by atoms with Crippen molar-refractivity contribution in [3.05, 3.63) is 34.7 Å². The lowest BCUT2D eigenvalue weighted by Gasteiger charge is -2.09. The van der Waals surface area contributed by atoms with Crippen LogP contribution < -0.4 is 4.74 Å². The van der Waals surface area contributed by atoms with E-state index in [2.05, 4.69) is 4.98 Å². The number of rotatable bonds is 5. The summed E-state index contributed by atoms with van der Waals surface area (Å²) in [5.74, 6) is 0.875. The second-order valence-corrected chi connectivity index (χ2v) is 5.23. The van der Waals surface area contributed by atoms with Crippen molar-refractivity contribution < 1.29 is 9.84 Å². The second-order valence-electron chi connectivity index (χ2n) is 4.29. The smallest absolute Gasteiger partial charge is 0.119 e. The maximum Gasteiger partial charge on any atom is 0.119 e. The number of ether oxygens (including phenoxy) is 1. The van der Waals surface area contributed by atoms with Gasteiger partial charge in [0.15, 0.2) is 0 Å². The number of nitrogens with zero attached hydrogens (tertiary/aromatic N) is 1. The molecule has 18 heavy (non-hydrogen) atoms. The third-order valence-corrected chi connectivity index (χ3v) is 3.31. The highest BCUT2D eigenvalue weighted by molar-refractivity contribution is 7.09. The highest BCUT2D eigenvalue weighted by Crippen LogP contribution is 2.24. The predicted octanol–water partition coefficient (Wildman–Crippen LogP) is 3.13. The molecule has 0 aliphatic carbocycles. The fourth-order valence-electron chi connectivity index (χ4n) is 1.63.